The van der Waals surface area contributed by atoms with E-state index >= 15 is 0 Å². The lowest BCUT2D eigenvalue weighted by atomic mass is 10.3. The van der Waals surface area contributed by atoms with Gasteiger partial charge >= 0.3 is 0 Å². The van der Waals surface area contributed by atoms with Crippen LogP contribution in [0.15, 0.2) is 6.20 Å². The van der Waals surface area contributed by atoms with Gasteiger partial charge in [-0.25, -0.2) is 0 Å². The topological polar surface area (TPSA) is 111 Å². The van der Waals surface area contributed by atoms with Crippen LogP contribution in [0.25, 0.3) is 0 Å². The van der Waals surface area contributed by atoms with Gasteiger partial charge in [0.05, 0.1) is 25.5 Å². The quantitative estimate of drug-likeness (QED) is 0.430. The molecule has 0 atom stereocenters. The Morgan fingerprint density at radius 3 is 2.77 bits per heavy atom. The van der Waals surface area contributed by atoms with Crippen molar-refractivity contribution < 1.29 is 15.0 Å². The maximum Gasteiger partial charge on any atom is 0.273 e. The van der Waals surface area contributed by atoms with Gasteiger partial charge in [-0.3, -0.25) is 4.79 Å². The molecule has 1 amide bonds. The number of aliphatic hydroxyl groups is 2. The summed E-state index contributed by atoms with van der Waals surface area (Å²) < 4.78 is 0. The molecular weight excluding hydrogens is 176 g/mol. The van der Waals surface area contributed by atoms with E-state index in [2.05, 4.69) is 20.7 Å². The highest BCUT2D eigenvalue weighted by Crippen LogP contribution is 1.90. The lowest BCUT2D eigenvalue weighted by Gasteiger charge is -2.11. The van der Waals surface area contributed by atoms with Crippen molar-refractivity contribution in [2.45, 2.75) is 6.04 Å². The summed E-state index contributed by atoms with van der Waals surface area (Å²) in [5.74, 6) is -0.484. The maximum atomic E-state index is 11.2. The molecule has 72 valence electrons. The third-order valence-electron chi connectivity index (χ3n) is 1.42. The highest BCUT2D eigenvalue weighted by Gasteiger charge is 2.13. The molecule has 7 heteroatoms. The molecule has 0 fully saturated rings. The molecule has 0 saturated carbocycles. The molecule has 1 aromatic heterocycles. The predicted octanol–water partition coefficient (Wildman–Crippen LogP) is -2.11. The smallest absolute Gasteiger partial charge is 0.273 e. The van der Waals surface area contributed by atoms with Gasteiger partial charge in [0.25, 0.3) is 5.91 Å². The lowest BCUT2D eigenvalue weighted by Crippen LogP contribution is -2.40. The predicted molar refractivity (Wildman–Crippen MR) is 41.8 cm³/mol. The van der Waals surface area contributed by atoms with E-state index in [1.54, 1.807) is 0 Å². The van der Waals surface area contributed by atoms with E-state index in [0.29, 0.717) is 0 Å². The number of amides is 1. The van der Waals surface area contributed by atoms with Crippen LogP contribution in [0, 0.1) is 0 Å². The van der Waals surface area contributed by atoms with Crippen LogP contribution in [0.4, 0.5) is 0 Å². The van der Waals surface area contributed by atoms with Crippen molar-refractivity contribution in [2.24, 2.45) is 0 Å². The summed E-state index contributed by atoms with van der Waals surface area (Å²) in [5, 5.41) is 28.9. The van der Waals surface area contributed by atoms with E-state index in [4.69, 9.17) is 10.2 Å². The molecule has 13 heavy (non-hydrogen) atoms. The van der Waals surface area contributed by atoms with Crippen molar-refractivity contribution in [3.05, 3.63) is 11.9 Å². The number of aliphatic hydroxyl groups excluding tert-OH is 2. The second-order valence-corrected chi connectivity index (χ2v) is 2.39. The lowest BCUT2D eigenvalue weighted by molar-refractivity contribution is 0.0874. The number of aromatic nitrogens is 3. The SMILES string of the molecule is O=C(NC(CO)CO)c1cn[nH]n1. The van der Waals surface area contributed by atoms with Crippen LogP contribution < -0.4 is 5.32 Å². The van der Waals surface area contributed by atoms with Gasteiger partial charge in [-0.15, -0.1) is 0 Å². The van der Waals surface area contributed by atoms with Crippen molar-refractivity contribution >= 4 is 5.91 Å². The monoisotopic (exact) mass is 186 g/mol. The third kappa shape index (κ3) is 2.49. The molecule has 1 heterocycles. The second kappa shape index (κ2) is 4.53. The van der Waals surface area contributed by atoms with Gasteiger partial charge in [-0.1, -0.05) is 0 Å². The molecule has 0 bridgehead atoms. The first-order valence-electron chi connectivity index (χ1n) is 3.66. The van der Waals surface area contributed by atoms with Crippen molar-refractivity contribution in [2.75, 3.05) is 13.2 Å². The summed E-state index contributed by atoms with van der Waals surface area (Å²) in [7, 11) is 0. The Morgan fingerprint density at radius 2 is 2.31 bits per heavy atom. The summed E-state index contributed by atoms with van der Waals surface area (Å²) >= 11 is 0. The van der Waals surface area contributed by atoms with Crippen molar-refractivity contribution in [1.82, 2.24) is 20.7 Å². The number of nitrogens with one attached hydrogen (secondary N) is 2. The number of H-pyrrole nitrogens is 1. The fourth-order valence-electron chi connectivity index (χ4n) is 0.719. The molecule has 1 rings (SSSR count). The number of aromatic amines is 1. The molecule has 0 aromatic carbocycles. The van der Waals surface area contributed by atoms with E-state index in [-0.39, 0.29) is 18.9 Å². The van der Waals surface area contributed by atoms with Gasteiger partial charge < -0.3 is 15.5 Å². The van der Waals surface area contributed by atoms with E-state index in [1.807, 2.05) is 0 Å². The number of nitrogens with zero attached hydrogens (tertiary/aromatic N) is 2. The molecule has 0 unspecified atom stereocenters. The minimum Gasteiger partial charge on any atom is -0.394 e. The Morgan fingerprint density at radius 1 is 1.62 bits per heavy atom. The summed E-state index contributed by atoms with van der Waals surface area (Å²) in [6.45, 7) is -0.639. The average Bonchev–Trinajstić information content (AvgIpc) is 2.66. The number of hydrogen-bond donors (Lipinski definition) is 4. The Hall–Kier alpha value is -1.47. The molecule has 0 aliphatic rings. The first-order chi connectivity index (χ1) is 6.27. The van der Waals surface area contributed by atoms with Crippen LogP contribution in [0.3, 0.4) is 0 Å². The van der Waals surface area contributed by atoms with Crippen LogP contribution in [0.1, 0.15) is 10.5 Å². The van der Waals surface area contributed by atoms with Crippen LogP contribution in [-0.2, 0) is 0 Å². The summed E-state index contributed by atoms with van der Waals surface area (Å²) in [5.41, 5.74) is 0.118. The number of hydrogen-bond acceptors (Lipinski definition) is 5. The van der Waals surface area contributed by atoms with E-state index < -0.39 is 11.9 Å². The third-order valence-corrected chi connectivity index (χ3v) is 1.42. The zero-order chi connectivity index (χ0) is 9.68. The number of carbonyl (C=O) groups excluding carboxylic acids is 1. The van der Waals surface area contributed by atoms with Gasteiger partial charge in [-0.2, -0.15) is 15.4 Å². The summed E-state index contributed by atoms with van der Waals surface area (Å²) in [6, 6.07) is -0.663. The van der Waals surface area contributed by atoms with Crippen LogP contribution in [-0.4, -0.2) is 50.8 Å². The fourth-order valence-corrected chi connectivity index (χ4v) is 0.719. The van der Waals surface area contributed by atoms with Crippen molar-refractivity contribution in [3.63, 3.8) is 0 Å². The zero-order valence-electron chi connectivity index (χ0n) is 6.77. The van der Waals surface area contributed by atoms with Gasteiger partial charge in [0.1, 0.15) is 0 Å². The molecular formula is C6H10N4O3. The van der Waals surface area contributed by atoms with Crippen LogP contribution >= 0.6 is 0 Å². The van der Waals surface area contributed by atoms with E-state index in [0.717, 1.165) is 0 Å². The fraction of sp³-hybridized carbons (Fsp3) is 0.500. The maximum absolute atomic E-state index is 11.2. The minimum absolute atomic E-state index is 0.118. The first-order valence-corrected chi connectivity index (χ1v) is 3.66. The molecule has 4 N–H and O–H groups in total. The molecule has 7 nitrogen and oxygen atoms in total. The van der Waals surface area contributed by atoms with Crippen molar-refractivity contribution in [1.29, 1.82) is 0 Å². The normalized spacial score (nSPS) is 10.4. The molecule has 1 aromatic rings. The van der Waals surface area contributed by atoms with E-state index in [1.165, 1.54) is 6.20 Å². The summed E-state index contributed by atoms with van der Waals surface area (Å²) in [4.78, 5) is 11.2. The minimum atomic E-state index is -0.663. The molecule has 0 saturated heterocycles. The standard InChI is InChI=1S/C6H10N4O3/c11-2-4(3-12)8-6(13)5-1-7-10-9-5/h1,4,11-12H,2-3H2,(H,8,13)(H,7,9,10). The van der Waals surface area contributed by atoms with Gasteiger partial charge in [-0.05, 0) is 0 Å². The Balaban J connectivity index is 2.50. The van der Waals surface area contributed by atoms with Gasteiger partial charge in [0.15, 0.2) is 5.69 Å². The zero-order valence-corrected chi connectivity index (χ0v) is 6.77. The van der Waals surface area contributed by atoms with Crippen LogP contribution in [0.5, 0.6) is 0 Å². The number of rotatable bonds is 4. The highest BCUT2D eigenvalue weighted by molar-refractivity contribution is 5.91. The van der Waals surface area contributed by atoms with Crippen molar-refractivity contribution in [3.8, 4) is 0 Å². The van der Waals surface area contributed by atoms with E-state index in [9.17, 15) is 4.79 Å². The average molecular weight is 186 g/mol. The first kappa shape index (κ1) is 9.62. The number of carbonyl (C=O) groups is 1. The summed E-state index contributed by atoms with van der Waals surface area (Å²) in [6.07, 6.45) is 1.25. The molecule has 0 spiro atoms. The largest absolute Gasteiger partial charge is 0.394 e. The van der Waals surface area contributed by atoms with Gasteiger partial charge in [0.2, 0.25) is 0 Å². The molecule has 0 radical (unpaired) electrons. The molecule has 0 aliphatic carbocycles. The van der Waals surface area contributed by atoms with Crippen LogP contribution in [0.2, 0.25) is 0 Å². The molecule has 0 aliphatic heterocycles. The highest BCUT2D eigenvalue weighted by atomic mass is 16.3. The Labute approximate surface area is 73.8 Å². The Bertz CT molecular complexity index is 257. The van der Waals surface area contributed by atoms with Gasteiger partial charge in [0, 0.05) is 0 Å². The Kier molecular flexibility index (Phi) is 3.35. The second-order valence-electron chi connectivity index (χ2n) is 2.39.